The predicted octanol–water partition coefficient (Wildman–Crippen LogP) is 4.94. The molecular formula is C18H19ClF2N2O3S2. The number of carbonyl (C=O) groups is 1. The molecule has 0 radical (unpaired) electrons. The summed E-state index contributed by atoms with van der Waals surface area (Å²) in [5.41, 5.74) is 0.332. The fraction of sp³-hybridized carbons (Fsp3) is 0.278. The van der Waals surface area contributed by atoms with Gasteiger partial charge in [-0.25, -0.2) is 8.42 Å². The summed E-state index contributed by atoms with van der Waals surface area (Å²) in [5.74, 6) is -3.27. The minimum absolute atomic E-state index is 0.0527. The first kappa shape index (κ1) is 22.6. The Morgan fingerprint density at radius 3 is 2.29 bits per heavy atom. The van der Waals surface area contributed by atoms with Crippen LogP contribution in [0.5, 0.6) is 0 Å². The van der Waals surface area contributed by atoms with Crippen molar-refractivity contribution in [3.8, 4) is 0 Å². The van der Waals surface area contributed by atoms with Crippen molar-refractivity contribution in [2.45, 2.75) is 35.4 Å². The molecule has 0 aromatic heterocycles. The standard InChI is InChI=1S/C18H19ClF2N2O3S2/c1-11(2)23(3)28(25,26)13-9-7-12(8-10-13)17(24)22-15-6-4-5-14(19)16(15)27-18(20)21/h4-11,18H,1-3H3,(H,22,24). The van der Waals surface area contributed by atoms with Gasteiger partial charge in [0.2, 0.25) is 10.0 Å². The molecule has 5 nitrogen and oxygen atoms in total. The summed E-state index contributed by atoms with van der Waals surface area (Å²) in [7, 11) is -2.19. The average molecular weight is 449 g/mol. The number of hydrogen-bond acceptors (Lipinski definition) is 4. The molecule has 0 bridgehead atoms. The number of halogens is 3. The van der Waals surface area contributed by atoms with Gasteiger partial charge in [0, 0.05) is 18.7 Å². The lowest BCUT2D eigenvalue weighted by Gasteiger charge is -2.21. The van der Waals surface area contributed by atoms with Crippen LogP contribution in [0.4, 0.5) is 14.5 Å². The topological polar surface area (TPSA) is 66.5 Å². The van der Waals surface area contributed by atoms with Crippen LogP contribution in [-0.2, 0) is 10.0 Å². The summed E-state index contributed by atoms with van der Waals surface area (Å²) < 4.78 is 51.7. The van der Waals surface area contributed by atoms with E-state index >= 15 is 0 Å². The van der Waals surface area contributed by atoms with E-state index in [0.29, 0.717) is 0 Å². The first-order valence-corrected chi connectivity index (χ1v) is 10.9. The van der Waals surface area contributed by atoms with Crippen molar-refractivity contribution in [1.82, 2.24) is 4.31 Å². The SMILES string of the molecule is CC(C)N(C)S(=O)(=O)c1ccc(C(=O)Nc2cccc(Cl)c2SC(F)F)cc1. The molecule has 0 fully saturated rings. The highest BCUT2D eigenvalue weighted by Crippen LogP contribution is 2.37. The van der Waals surface area contributed by atoms with Crippen molar-refractivity contribution in [3.05, 3.63) is 53.1 Å². The molecule has 0 aliphatic heterocycles. The number of carbonyl (C=O) groups excluding carboxylic acids is 1. The number of hydrogen-bond donors (Lipinski definition) is 1. The highest BCUT2D eigenvalue weighted by Gasteiger charge is 2.23. The maximum Gasteiger partial charge on any atom is 0.289 e. The molecule has 152 valence electrons. The summed E-state index contributed by atoms with van der Waals surface area (Å²) >= 11 is 6.19. The zero-order valence-electron chi connectivity index (χ0n) is 15.3. The lowest BCUT2D eigenvalue weighted by molar-refractivity contribution is 0.102. The van der Waals surface area contributed by atoms with Crippen LogP contribution >= 0.6 is 23.4 Å². The van der Waals surface area contributed by atoms with Crippen LogP contribution in [-0.4, -0.2) is 37.5 Å². The van der Waals surface area contributed by atoms with Gasteiger partial charge in [-0.1, -0.05) is 29.4 Å². The Kier molecular flexibility index (Phi) is 7.44. The maximum atomic E-state index is 12.7. The molecule has 1 amide bonds. The minimum atomic E-state index is -3.67. The van der Waals surface area contributed by atoms with Crippen molar-refractivity contribution in [2.24, 2.45) is 0 Å². The molecule has 2 rings (SSSR count). The van der Waals surface area contributed by atoms with Gasteiger partial charge in [0.1, 0.15) is 0 Å². The quantitative estimate of drug-likeness (QED) is 0.609. The van der Waals surface area contributed by atoms with Gasteiger partial charge in [-0.2, -0.15) is 13.1 Å². The van der Waals surface area contributed by atoms with E-state index in [4.69, 9.17) is 11.6 Å². The summed E-state index contributed by atoms with van der Waals surface area (Å²) in [6.45, 7) is 3.50. The molecule has 2 aromatic rings. The summed E-state index contributed by atoms with van der Waals surface area (Å²) in [5, 5.41) is 2.63. The van der Waals surface area contributed by atoms with Crippen molar-refractivity contribution in [2.75, 3.05) is 12.4 Å². The van der Waals surface area contributed by atoms with Gasteiger partial charge in [0.15, 0.2) is 0 Å². The predicted molar refractivity (Wildman–Crippen MR) is 108 cm³/mol. The molecule has 0 heterocycles. The number of rotatable bonds is 7. The van der Waals surface area contributed by atoms with Crippen LogP contribution in [0.25, 0.3) is 0 Å². The zero-order valence-corrected chi connectivity index (χ0v) is 17.7. The van der Waals surface area contributed by atoms with E-state index in [1.807, 2.05) is 0 Å². The monoisotopic (exact) mass is 448 g/mol. The first-order valence-electron chi connectivity index (χ1n) is 8.16. The van der Waals surface area contributed by atoms with E-state index in [0.717, 1.165) is 0 Å². The van der Waals surface area contributed by atoms with Crippen molar-refractivity contribution in [1.29, 1.82) is 0 Å². The Morgan fingerprint density at radius 2 is 1.75 bits per heavy atom. The Balaban J connectivity index is 2.25. The molecule has 28 heavy (non-hydrogen) atoms. The Morgan fingerprint density at radius 1 is 1.14 bits per heavy atom. The number of alkyl halides is 2. The van der Waals surface area contributed by atoms with E-state index in [1.165, 1.54) is 53.8 Å². The molecule has 10 heteroatoms. The largest absolute Gasteiger partial charge is 0.321 e. The van der Waals surface area contributed by atoms with Gasteiger partial charge in [-0.15, -0.1) is 0 Å². The maximum absolute atomic E-state index is 12.7. The first-order chi connectivity index (χ1) is 13.0. The van der Waals surface area contributed by atoms with Crippen LogP contribution in [0.15, 0.2) is 52.3 Å². The number of sulfonamides is 1. The Hall–Kier alpha value is -1.68. The molecule has 0 aliphatic carbocycles. The molecule has 0 saturated heterocycles. The van der Waals surface area contributed by atoms with Crippen molar-refractivity contribution < 1.29 is 22.0 Å². The third kappa shape index (κ3) is 5.22. The summed E-state index contributed by atoms with van der Waals surface area (Å²) in [6, 6.07) is 9.61. The molecule has 0 aliphatic rings. The Bertz CT molecular complexity index is 952. The number of amides is 1. The van der Waals surface area contributed by atoms with Gasteiger partial charge >= 0.3 is 0 Å². The molecule has 2 aromatic carbocycles. The van der Waals surface area contributed by atoms with Gasteiger partial charge < -0.3 is 5.32 Å². The van der Waals surface area contributed by atoms with Gasteiger partial charge in [-0.3, -0.25) is 4.79 Å². The van der Waals surface area contributed by atoms with Crippen LogP contribution in [0.1, 0.15) is 24.2 Å². The number of nitrogens with one attached hydrogen (secondary N) is 1. The second kappa shape index (κ2) is 9.21. The zero-order chi connectivity index (χ0) is 21.1. The third-order valence-electron chi connectivity index (χ3n) is 3.94. The number of nitrogens with zero attached hydrogens (tertiary/aromatic N) is 1. The second-order valence-corrected chi connectivity index (χ2v) is 9.49. The van der Waals surface area contributed by atoms with E-state index < -0.39 is 21.7 Å². The second-order valence-electron chi connectivity index (χ2n) is 6.09. The van der Waals surface area contributed by atoms with E-state index in [9.17, 15) is 22.0 Å². The fourth-order valence-electron chi connectivity index (χ4n) is 2.23. The highest BCUT2D eigenvalue weighted by molar-refractivity contribution is 7.99. The molecule has 1 N–H and O–H groups in total. The summed E-state index contributed by atoms with van der Waals surface area (Å²) in [4.78, 5) is 12.6. The van der Waals surface area contributed by atoms with Crippen LogP contribution in [0, 0.1) is 0 Å². The third-order valence-corrected chi connectivity index (χ3v) is 7.27. The average Bonchev–Trinajstić information content (AvgIpc) is 2.63. The van der Waals surface area contributed by atoms with Crippen LogP contribution in [0.2, 0.25) is 5.02 Å². The van der Waals surface area contributed by atoms with Gasteiger partial charge in [0.25, 0.3) is 11.7 Å². The van der Waals surface area contributed by atoms with Crippen molar-refractivity contribution >= 4 is 45.0 Å². The molecule has 0 saturated carbocycles. The van der Waals surface area contributed by atoms with Crippen LogP contribution < -0.4 is 5.32 Å². The lowest BCUT2D eigenvalue weighted by Crippen LogP contribution is -2.33. The smallest absolute Gasteiger partial charge is 0.289 e. The fourth-order valence-corrected chi connectivity index (χ4v) is 4.51. The van der Waals surface area contributed by atoms with E-state index in [-0.39, 0.29) is 43.9 Å². The minimum Gasteiger partial charge on any atom is -0.321 e. The Labute approximate surface area is 172 Å². The molecule has 0 spiro atoms. The lowest BCUT2D eigenvalue weighted by atomic mass is 10.2. The highest BCUT2D eigenvalue weighted by atomic mass is 35.5. The summed E-state index contributed by atoms with van der Waals surface area (Å²) in [6.07, 6.45) is 0. The van der Waals surface area contributed by atoms with Gasteiger partial charge in [0.05, 0.1) is 20.5 Å². The normalized spacial score (nSPS) is 12.0. The van der Waals surface area contributed by atoms with Gasteiger partial charge in [-0.05, 0) is 50.2 Å². The van der Waals surface area contributed by atoms with E-state index in [2.05, 4.69) is 5.32 Å². The van der Waals surface area contributed by atoms with E-state index in [1.54, 1.807) is 13.8 Å². The number of thioether (sulfide) groups is 1. The molecule has 0 atom stereocenters. The molecular weight excluding hydrogens is 430 g/mol. The van der Waals surface area contributed by atoms with Crippen LogP contribution in [0.3, 0.4) is 0 Å². The van der Waals surface area contributed by atoms with Crippen molar-refractivity contribution in [3.63, 3.8) is 0 Å². The molecule has 0 unspecified atom stereocenters. The number of benzene rings is 2. The number of anilines is 1.